The van der Waals surface area contributed by atoms with Crippen LogP contribution in [-0.4, -0.2) is 11.1 Å². The van der Waals surface area contributed by atoms with E-state index in [1.54, 1.807) is 0 Å². The molecule has 2 rings (SSSR count). The summed E-state index contributed by atoms with van der Waals surface area (Å²) in [5.74, 6) is -1.63. The van der Waals surface area contributed by atoms with E-state index < -0.39 is 11.8 Å². The summed E-state index contributed by atoms with van der Waals surface area (Å²) in [5.41, 5.74) is 2.36. The number of aromatic carboxylic acids is 1. The van der Waals surface area contributed by atoms with Crippen molar-refractivity contribution in [3.8, 4) is 11.1 Å². The van der Waals surface area contributed by atoms with Crippen molar-refractivity contribution < 1.29 is 14.3 Å². The number of benzene rings is 2. The van der Waals surface area contributed by atoms with Gasteiger partial charge in [0.25, 0.3) is 0 Å². The summed E-state index contributed by atoms with van der Waals surface area (Å²) in [5, 5.41) is 8.80. The first kappa shape index (κ1) is 13.3. The van der Waals surface area contributed by atoms with Crippen molar-refractivity contribution in [2.75, 3.05) is 0 Å². The molecular formula is C16H15FO2. The van der Waals surface area contributed by atoms with Gasteiger partial charge in [-0.15, -0.1) is 0 Å². The second-order valence-corrected chi connectivity index (χ2v) is 4.45. The van der Waals surface area contributed by atoms with Crippen molar-refractivity contribution in [3.05, 3.63) is 59.4 Å². The maximum atomic E-state index is 13.9. The van der Waals surface area contributed by atoms with Crippen molar-refractivity contribution in [1.82, 2.24) is 0 Å². The number of carbonyl (C=O) groups is 1. The molecule has 0 aliphatic carbocycles. The van der Waals surface area contributed by atoms with Gasteiger partial charge in [-0.05, 0) is 29.7 Å². The maximum Gasteiger partial charge on any atom is 0.335 e. The average Bonchev–Trinajstić information content (AvgIpc) is 2.40. The standard InChI is InChI=1S/C16H15FO2/c1-2-3-11-4-6-12(7-5-11)14-9-8-13(16(18)19)10-15(14)17/h4-10H,2-3H2,1H3,(H,18,19). The van der Waals surface area contributed by atoms with E-state index in [1.807, 2.05) is 24.3 Å². The molecule has 0 saturated heterocycles. The minimum Gasteiger partial charge on any atom is -0.478 e. The summed E-state index contributed by atoms with van der Waals surface area (Å²) in [4.78, 5) is 10.8. The molecule has 0 aliphatic heterocycles. The molecule has 98 valence electrons. The van der Waals surface area contributed by atoms with Gasteiger partial charge in [0.15, 0.2) is 0 Å². The van der Waals surface area contributed by atoms with Crippen molar-refractivity contribution >= 4 is 5.97 Å². The fourth-order valence-corrected chi connectivity index (χ4v) is 2.02. The lowest BCUT2D eigenvalue weighted by Crippen LogP contribution is -1.97. The van der Waals surface area contributed by atoms with Crippen LogP contribution in [-0.2, 0) is 6.42 Å². The summed E-state index contributed by atoms with van der Waals surface area (Å²) in [6.45, 7) is 2.11. The van der Waals surface area contributed by atoms with Crippen LogP contribution >= 0.6 is 0 Å². The van der Waals surface area contributed by atoms with Crippen LogP contribution in [0.25, 0.3) is 11.1 Å². The first-order valence-electron chi connectivity index (χ1n) is 6.24. The summed E-state index contributed by atoms with van der Waals surface area (Å²) in [6.07, 6.45) is 2.07. The molecule has 2 aromatic carbocycles. The quantitative estimate of drug-likeness (QED) is 0.894. The Morgan fingerprint density at radius 1 is 1.16 bits per heavy atom. The summed E-state index contributed by atoms with van der Waals surface area (Å²) < 4.78 is 13.9. The number of aryl methyl sites for hydroxylation is 1. The second-order valence-electron chi connectivity index (χ2n) is 4.45. The molecule has 1 N–H and O–H groups in total. The van der Waals surface area contributed by atoms with Gasteiger partial charge in [-0.1, -0.05) is 43.7 Å². The molecule has 3 heteroatoms. The number of rotatable bonds is 4. The van der Waals surface area contributed by atoms with Crippen LogP contribution in [0.2, 0.25) is 0 Å². The largest absolute Gasteiger partial charge is 0.478 e. The molecule has 0 fully saturated rings. The summed E-state index contributed by atoms with van der Waals surface area (Å²) >= 11 is 0. The van der Waals surface area contributed by atoms with E-state index in [-0.39, 0.29) is 5.56 Å². The smallest absolute Gasteiger partial charge is 0.335 e. The van der Waals surface area contributed by atoms with Crippen molar-refractivity contribution in [2.45, 2.75) is 19.8 Å². The van der Waals surface area contributed by atoms with Gasteiger partial charge in [-0.2, -0.15) is 0 Å². The molecule has 0 aromatic heterocycles. The van der Waals surface area contributed by atoms with E-state index in [2.05, 4.69) is 6.92 Å². The molecule has 0 heterocycles. The highest BCUT2D eigenvalue weighted by atomic mass is 19.1. The predicted molar refractivity (Wildman–Crippen MR) is 72.8 cm³/mol. The highest BCUT2D eigenvalue weighted by molar-refractivity contribution is 5.88. The van der Waals surface area contributed by atoms with Crippen LogP contribution in [0.1, 0.15) is 29.3 Å². The molecule has 0 bridgehead atoms. The lowest BCUT2D eigenvalue weighted by Gasteiger charge is -2.06. The van der Waals surface area contributed by atoms with Gasteiger partial charge in [-0.3, -0.25) is 0 Å². The molecule has 0 spiro atoms. The molecule has 0 radical (unpaired) electrons. The topological polar surface area (TPSA) is 37.3 Å². The molecule has 0 aliphatic rings. The molecule has 2 nitrogen and oxygen atoms in total. The predicted octanol–water partition coefficient (Wildman–Crippen LogP) is 4.14. The number of hydrogen-bond donors (Lipinski definition) is 1. The zero-order valence-corrected chi connectivity index (χ0v) is 10.7. The highest BCUT2D eigenvalue weighted by Crippen LogP contribution is 2.24. The number of halogens is 1. The Hall–Kier alpha value is -2.16. The number of hydrogen-bond acceptors (Lipinski definition) is 1. The van der Waals surface area contributed by atoms with Gasteiger partial charge < -0.3 is 5.11 Å². The number of carboxylic acids is 1. The summed E-state index contributed by atoms with van der Waals surface area (Å²) in [7, 11) is 0. The Labute approximate surface area is 111 Å². The Morgan fingerprint density at radius 3 is 2.37 bits per heavy atom. The lowest BCUT2D eigenvalue weighted by molar-refractivity contribution is 0.0696. The molecule has 0 saturated carbocycles. The molecule has 19 heavy (non-hydrogen) atoms. The van der Waals surface area contributed by atoms with Crippen LogP contribution in [0.15, 0.2) is 42.5 Å². The highest BCUT2D eigenvalue weighted by Gasteiger charge is 2.09. The normalized spacial score (nSPS) is 10.4. The fourth-order valence-electron chi connectivity index (χ4n) is 2.02. The third kappa shape index (κ3) is 2.99. The van der Waals surface area contributed by atoms with E-state index in [4.69, 9.17) is 5.11 Å². The first-order valence-corrected chi connectivity index (χ1v) is 6.24. The van der Waals surface area contributed by atoms with Crippen LogP contribution in [0.5, 0.6) is 0 Å². The van der Waals surface area contributed by atoms with Crippen molar-refractivity contribution in [1.29, 1.82) is 0 Å². The van der Waals surface area contributed by atoms with Crippen LogP contribution in [0.4, 0.5) is 4.39 Å². The Balaban J connectivity index is 2.33. The van der Waals surface area contributed by atoms with E-state index in [1.165, 1.54) is 17.7 Å². The van der Waals surface area contributed by atoms with Crippen molar-refractivity contribution in [3.63, 3.8) is 0 Å². The minimum atomic E-state index is -1.12. The zero-order chi connectivity index (χ0) is 13.8. The van der Waals surface area contributed by atoms with Crippen molar-refractivity contribution in [2.24, 2.45) is 0 Å². The monoisotopic (exact) mass is 258 g/mol. The lowest BCUT2D eigenvalue weighted by atomic mass is 10.0. The molecule has 2 aromatic rings. The van der Waals surface area contributed by atoms with Crippen LogP contribution in [0, 0.1) is 5.82 Å². The van der Waals surface area contributed by atoms with E-state index in [0.29, 0.717) is 5.56 Å². The van der Waals surface area contributed by atoms with Gasteiger partial charge in [0.05, 0.1) is 5.56 Å². The Kier molecular flexibility index (Phi) is 3.95. The van der Waals surface area contributed by atoms with E-state index >= 15 is 0 Å². The van der Waals surface area contributed by atoms with Gasteiger partial charge in [-0.25, -0.2) is 9.18 Å². The van der Waals surface area contributed by atoms with Gasteiger partial charge >= 0.3 is 5.97 Å². The SMILES string of the molecule is CCCc1ccc(-c2ccc(C(=O)O)cc2F)cc1. The third-order valence-electron chi connectivity index (χ3n) is 3.02. The molecule has 0 atom stereocenters. The van der Waals surface area contributed by atoms with Gasteiger partial charge in [0.2, 0.25) is 0 Å². The van der Waals surface area contributed by atoms with E-state index in [0.717, 1.165) is 24.5 Å². The van der Waals surface area contributed by atoms with Crippen LogP contribution < -0.4 is 0 Å². The Morgan fingerprint density at radius 2 is 1.84 bits per heavy atom. The van der Waals surface area contributed by atoms with Gasteiger partial charge in [0.1, 0.15) is 5.82 Å². The van der Waals surface area contributed by atoms with E-state index in [9.17, 15) is 9.18 Å². The summed E-state index contributed by atoms with van der Waals surface area (Å²) in [6, 6.07) is 11.7. The van der Waals surface area contributed by atoms with Gasteiger partial charge in [0, 0.05) is 5.56 Å². The third-order valence-corrected chi connectivity index (χ3v) is 3.02. The first-order chi connectivity index (χ1) is 9.11. The molecular weight excluding hydrogens is 243 g/mol. The minimum absolute atomic E-state index is 0.0381. The second kappa shape index (κ2) is 5.65. The molecule has 0 amide bonds. The molecule has 0 unspecified atom stereocenters. The number of carboxylic acid groups (broad SMARTS) is 1. The maximum absolute atomic E-state index is 13.9. The fraction of sp³-hybridized carbons (Fsp3) is 0.188. The Bertz CT molecular complexity index is 588. The zero-order valence-electron chi connectivity index (χ0n) is 10.7. The van der Waals surface area contributed by atoms with Crippen LogP contribution in [0.3, 0.4) is 0 Å². The average molecular weight is 258 g/mol.